The number of pyridine rings is 1. The lowest BCUT2D eigenvalue weighted by Gasteiger charge is -2.32. The fourth-order valence-electron chi connectivity index (χ4n) is 3.50. The number of hydrogen-bond acceptors (Lipinski definition) is 8. The van der Waals surface area contributed by atoms with Gasteiger partial charge in [-0.15, -0.1) is 0 Å². The molecule has 1 aliphatic heterocycles. The van der Waals surface area contributed by atoms with Crippen LogP contribution in [0.2, 0.25) is 0 Å². The minimum Gasteiger partial charge on any atom is -0.474 e. The van der Waals surface area contributed by atoms with Crippen LogP contribution < -0.4 is 10.1 Å². The molecule has 0 saturated carbocycles. The fraction of sp³-hybridized carbons (Fsp3) is 0.273. The van der Waals surface area contributed by atoms with Gasteiger partial charge in [0, 0.05) is 55.1 Å². The molecule has 3 aromatic rings. The van der Waals surface area contributed by atoms with Gasteiger partial charge in [-0.2, -0.15) is 0 Å². The first-order valence-electron chi connectivity index (χ1n) is 10.3. The van der Waals surface area contributed by atoms with E-state index >= 15 is 0 Å². The van der Waals surface area contributed by atoms with Crippen molar-refractivity contribution in [3.8, 4) is 5.88 Å². The van der Waals surface area contributed by atoms with Crippen LogP contribution in [0.3, 0.4) is 0 Å². The second-order valence-corrected chi connectivity index (χ2v) is 10.7. The molecule has 1 aromatic carbocycles. The summed E-state index contributed by atoms with van der Waals surface area (Å²) in [7, 11) is -3.51. The van der Waals surface area contributed by atoms with Gasteiger partial charge in [-0.1, -0.05) is 0 Å². The van der Waals surface area contributed by atoms with E-state index in [1.165, 1.54) is 24.5 Å². The number of hydrogen-bond donors (Lipinski definition) is 1. The van der Waals surface area contributed by atoms with Crippen LogP contribution in [-0.2, 0) is 9.84 Å². The lowest BCUT2D eigenvalue weighted by atomic mass is 10.1. The van der Waals surface area contributed by atoms with Crippen LogP contribution >= 0.6 is 15.9 Å². The summed E-state index contributed by atoms with van der Waals surface area (Å²) in [5, 5.41) is 2.81. The van der Waals surface area contributed by atoms with Crippen molar-refractivity contribution in [2.75, 3.05) is 24.7 Å². The Morgan fingerprint density at radius 1 is 1.18 bits per heavy atom. The second kappa shape index (κ2) is 10.0. The van der Waals surface area contributed by atoms with E-state index in [2.05, 4.69) is 36.2 Å². The molecule has 178 valence electrons. The topological polar surface area (TPSA) is 114 Å². The standard InChI is InChI=1S/C22H21BrFN5O4S/c1-34(31,32)17-2-3-19(18(24)9-17)28-20-10-21(27-13-26-20)33-16-4-6-29(7-5-16)22(30)14-8-15(23)12-25-11-14/h2-3,8-13,16H,4-7H2,1H3,(H,26,27,28). The van der Waals surface area contributed by atoms with Crippen molar-refractivity contribution in [1.82, 2.24) is 19.9 Å². The molecule has 0 radical (unpaired) electrons. The molecule has 0 atom stereocenters. The normalized spacial score (nSPS) is 14.6. The van der Waals surface area contributed by atoms with Gasteiger partial charge in [0.25, 0.3) is 5.91 Å². The van der Waals surface area contributed by atoms with Crippen LogP contribution in [0.25, 0.3) is 0 Å². The highest BCUT2D eigenvalue weighted by Gasteiger charge is 2.25. The summed E-state index contributed by atoms with van der Waals surface area (Å²) in [5.41, 5.74) is 0.600. The number of ether oxygens (including phenoxy) is 1. The largest absolute Gasteiger partial charge is 0.474 e. The molecular formula is C22H21BrFN5O4S. The third-order valence-corrected chi connectivity index (χ3v) is 6.79. The number of nitrogens with one attached hydrogen (secondary N) is 1. The predicted molar refractivity (Wildman–Crippen MR) is 126 cm³/mol. The van der Waals surface area contributed by atoms with Crippen molar-refractivity contribution in [3.63, 3.8) is 0 Å². The highest BCUT2D eigenvalue weighted by molar-refractivity contribution is 9.10. The monoisotopic (exact) mass is 549 g/mol. The van der Waals surface area contributed by atoms with Crippen LogP contribution in [0.4, 0.5) is 15.9 Å². The SMILES string of the molecule is CS(=O)(=O)c1ccc(Nc2cc(OC3CCN(C(=O)c4cncc(Br)c4)CC3)ncn2)c(F)c1. The molecule has 1 N–H and O–H groups in total. The summed E-state index contributed by atoms with van der Waals surface area (Å²) in [6, 6.07) is 6.88. The Morgan fingerprint density at radius 2 is 1.94 bits per heavy atom. The van der Waals surface area contributed by atoms with E-state index in [0.29, 0.717) is 43.2 Å². The lowest BCUT2D eigenvalue weighted by molar-refractivity contribution is 0.0587. The highest BCUT2D eigenvalue weighted by atomic mass is 79.9. The molecule has 4 rings (SSSR count). The predicted octanol–water partition coefficient (Wildman–Crippen LogP) is 3.60. The van der Waals surface area contributed by atoms with E-state index in [9.17, 15) is 17.6 Å². The summed E-state index contributed by atoms with van der Waals surface area (Å²) in [6.45, 7) is 1.06. The summed E-state index contributed by atoms with van der Waals surface area (Å²) in [4.78, 5) is 26.5. The van der Waals surface area contributed by atoms with E-state index in [1.807, 2.05) is 0 Å². The second-order valence-electron chi connectivity index (χ2n) is 7.78. The highest BCUT2D eigenvalue weighted by Crippen LogP contribution is 2.25. The maximum absolute atomic E-state index is 14.3. The number of aromatic nitrogens is 3. The number of benzene rings is 1. The van der Waals surface area contributed by atoms with Crippen LogP contribution in [-0.4, -0.2) is 59.6 Å². The molecule has 34 heavy (non-hydrogen) atoms. The number of piperidine rings is 1. The van der Waals surface area contributed by atoms with E-state index in [0.717, 1.165) is 16.8 Å². The molecule has 1 amide bonds. The number of rotatable bonds is 6. The zero-order valence-corrected chi connectivity index (χ0v) is 20.5. The van der Waals surface area contributed by atoms with Gasteiger partial charge >= 0.3 is 0 Å². The van der Waals surface area contributed by atoms with Gasteiger partial charge in [-0.05, 0) is 40.2 Å². The molecule has 2 aromatic heterocycles. The molecule has 1 saturated heterocycles. The van der Waals surface area contributed by atoms with Gasteiger partial charge < -0.3 is 15.0 Å². The number of nitrogens with zero attached hydrogens (tertiary/aromatic N) is 4. The number of anilines is 2. The van der Waals surface area contributed by atoms with Crippen LogP contribution in [0.15, 0.2) is 58.4 Å². The van der Waals surface area contributed by atoms with Crippen LogP contribution in [0.5, 0.6) is 5.88 Å². The minimum atomic E-state index is -3.51. The average molecular weight is 550 g/mol. The zero-order valence-electron chi connectivity index (χ0n) is 18.1. The smallest absolute Gasteiger partial charge is 0.255 e. The first kappa shape index (κ1) is 24.0. The summed E-state index contributed by atoms with van der Waals surface area (Å²) < 4.78 is 44.2. The summed E-state index contributed by atoms with van der Waals surface area (Å²) >= 11 is 3.33. The molecule has 9 nitrogen and oxygen atoms in total. The van der Waals surface area contributed by atoms with Gasteiger partial charge in [0.2, 0.25) is 5.88 Å². The van der Waals surface area contributed by atoms with E-state index in [-0.39, 0.29) is 22.6 Å². The number of halogens is 2. The Kier molecular flexibility index (Phi) is 7.08. The minimum absolute atomic E-state index is 0.0749. The Labute approximate surface area is 204 Å². The number of likely N-dealkylation sites (tertiary alicyclic amines) is 1. The number of carbonyl (C=O) groups is 1. The van der Waals surface area contributed by atoms with E-state index in [4.69, 9.17) is 4.74 Å². The molecular weight excluding hydrogens is 529 g/mol. The maximum atomic E-state index is 14.3. The van der Waals surface area contributed by atoms with Gasteiger partial charge in [0.05, 0.1) is 16.1 Å². The first-order chi connectivity index (χ1) is 16.2. The number of sulfone groups is 1. The van der Waals surface area contributed by atoms with Crippen molar-refractivity contribution in [2.45, 2.75) is 23.8 Å². The van der Waals surface area contributed by atoms with Crippen molar-refractivity contribution in [3.05, 3.63) is 64.9 Å². The number of amides is 1. The third-order valence-electron chi connectivity index (χ3n) is 5.24. The van der Waals surface area contributed by atoms with Crippen molar-refractivity contribution < 1.29 is 22.3 Å². The lowest BCUT2D eigenvalue weighted by Crippen LogP contribution is -2.41. The molecule has 0 spiro atoms. The molecule has 0 aliphatic carbocycles. The van der Waals surface area contributed by atoms with Crippen molar-refractivity contribution in [1.29, 1.82) is 0 Å². The molecule has 0 unspecified atom stereocenters. The first-order valence-corrected chi connectivity index (χ1v) is 13.0. The quantitative estimate of drug-likeness (QED) is 0.496. The van der Waals surface area contributed by atoms with E-state index < -0.39 is 15.7 Å². The Morgan fingerprint density at radius 3 is 2.62 bits per heavy atom. The Hall–Kier alpha value is -3.12. The van der Waals surface area contributed by atoms with E-state index in [1.54, 1.807) is 23.4 Å². The molecule has 1 fully saturated rings. The van der Waals surface area contributed by atoms with Gasteiger partial charge in [-0.3, -0.25) is 9.78 Å². The third kappa shape index (κ3) is 5.86. The summed E-state index contributed by atoms with van der Waals surface area (Å²) in [5.74, 6) is -0.191. The van der Waals surface area contributed by atoms with Gasteiger partial charge in [0.1, 0.15) is 24.1 Å². The molecule has 1 aliphatic rings. The van der Waals surface area contributed by atoms with Crippen molar-refractivity contribution in [2.24, 2.45) is 0 Å². The molecule has 0 bridgehead atoms. The molecule has 3 heterocycles. The number of carbonyl (C=O) groups excluding carboxylic acids is 1. The fourth-order valence-corrected chi connectivity index (χ4v) is 4.49. The van der Waals surface area contributed by atoms with Gasteiger partial charge in [0.15, 0.2) is 9.84 Å². The van der Waals surface area contributed by atoms with Gasteiger partial charge in [-0.25, -0.2) is 22.8 Å². The Balaban J connectivity index is 1.36. The molecule has 12 heteroatoms. The van der Waals surface area contributed by atoms with Crippen LogP contribution in [0, 0.1) is 5.82 Å². The Bertz CT molecular complexity index is 1320. The average Bonchev–Trinajstić information content (AvgIpc) is 2.80. The zero-order chi connectivity index (χ0) is 24.3. The summed E-state index contributed by atoms with van der Waals surface area (Å²) in [6.07, 6.45) is 6.59. The maximum Gasteiger partial charge on any atom is 0.255 e. The van der Waals surface area contributed by atoms with Crippen LogP contribution in [0.1, 0.15) is 23.2 Å². The van der Waals surface area contributed by atoms with Crippen molar-refractivity contribution >= 4 is 43.2 Å².